The van der Waals surface area contributed by atoms with Crippen molar-refractivity contribution < 1.29 is 0 Å². The summed E-state index contributed by atoms with van der Waals surface area (Å²) in [5.74, 6) is 0. The minimum Gasteiger partial charge on any atom is -0.262 e. The van der Waals surface area contributed by atoms with E-state index < -0.39 is 0 Å². The Kier molecular flexibility index (Phi) is 5.44. The highest BCUT2D eigenvalue weighted by Gasteiger charge is 1.88. The molecular formula is C10H17N. The van der Waals surface area contributed by atoms with E-state index in [2.05, 4.69) is 18.8 Å². The Hall–Kier alpha value is -0.850. The summed E-state index contributed by atoms with van der Waals surface area (Å²) in [6, 6.07) is 0. The van der Waals surface area contributed by atoms with Gasteiger partial charge in [0.05, 0.1) is 0 Å². The largest absolute Gasteiger partial charge is 0.262 e. The summed E-state index contributed by atoms with van der Waals surface area (Å²) in [4.78, 5) is 4.25. The van der Waals surface area contributed by atoms with Crippen molar-refractivity contribution in [3.63, 3.8) is 0 Å². The Morgan fingerprint density at radius 1 is 1.36 bits per heavy atom. The van der Waals surface area contributed by atoms with E-state index in [1.165, 1.54) is 5.57 Å². The van der Waals surface area contributed by atoms with E-state index in [0.717, 1.165) is 12.1 Å². The molecule has 0 aliphatic carbocycles. The van der Waals surface area contributed by atoms with Gasteiger partial charge in [-0.25, -0.2) is 0 Å². The maximum atomic E-state index is 4.25. The first-order valence-electron chi connectivity index (χ1n) is 4.04. The first kappa shape index (κ1) is 10.2. The fourth-order valence-corrected chi connectivity index (χ4v) is 0.607. The molecule has 0 aliphatic heterocycles. The monoisotopic (exact) mass is 151 g/mol. The molecule has 0 saturated carbocycles. The molecule has 62 valence electrons. The first-order valence-corrected chi connectivity index (χ1v) is 4.04. The lowest BCUT2D eigenvalue weighted by molar-refractivity contribution is 1.04. The molecule has 1 nitrogen and oxygen atoms in total. The average molecular weight is 151 g/mol. The van der Waals surface area contributed by atoms with Crippen LogP contribution in [0, 0.1) is 0 Å². The lowest BCUT2D eigenvalue weighted by atomic mass is 10.2. The summed E-state index contributed by atoms with van der Waals surface area (Å²) in [7, 11) is 0. The van der Waals surface area contributed by atoms with Crippen molar-refractivity contribution in [2.75, 3.05) is 0 Å². The molecule has 0 heterocycles. The Labute approximate surface area is 69.5 Å². The molecule has 0 aromatic rings. The van der Waals surface area contributed by atoms with Crippen molar-refractivity contribution in [3.05, 3.63) is 23.4 Å². The number of nitrogens with zero attached hydrogens (tertiary/aromatic N) is 1. The fraction of sp³-hybridized carbons (Fsp3) is 0.500. The molecular weight excluding hydrogens is 134 g/mol. The van der Waals surface area contributed by atoms with Crippen molar-refractivity contribution >= 4 is 6.21 Å². The van der Waals surface area contributed by atoms with Crippen LogP contribution < -0.4 is 0 Å². The van der Waals surface area contributed by atoms with Gasteiger partial charge in [0.2, 0.25) is 0 Å². The average Bonchev–Trinajstić information content (AvgIpc) is 2.03. The molecule has 11 heavy (non-hydrogen) atoms. The van der Waals surface area contributed by atoms with Crippen LogP contribution in [0.3, 0.4) is 0 Å². The van der Waals surface area contributed by atoms with Crippen LogP contribution in [0.2, 0.25) is 0 Å². The quantitative estimate of drug-likeness (QED) is 0.548. The van der Waals surface area contributed by atoms with Crippen molar-refractivity contribution in [2.45, 2.75) is 34.1 Å². The van der Waals surface area contributed by atoms with E-state index in [-0.39, 0.29) is 0 Å². The second-order valence-corrected chi connectivity index (χ2v) is 2.52. The molecule has 1 heteroatoms. The van der Waals surface area contributed by atoms with E-state index in [0.29, 0.717) is 0 Å². The lowest BCUT2D eigenvalue weighted by Gasteiger charge is -1.96. The molecule has 0 aromatic heterocycles. The van der Waals surface area contributed by atoms with Crippen molar-refractivity contribution in [1.82, 2.24) is 0 Å². The molecule has 0 aromatic carbocycles. The van der Waals surface area contributed by atoms with Gasteiger partial charge in [0.1, 0.15) is 0 Å². The molecule has 0 atom stereocenters. The zero-order chi connectivity index (χ0) is 8.69. The number of hydrogen-bond donors (Lipinski definition) is 0. The predicted octanol–water partition coefficient (Wildman–Crippen LogP) is 3.34. The zero-order valence-electron chi connectivity index (χ0n) is 7.89. The van der Waals surface area contributed by atoms with E-state index in [1.54, 1.807) is 0 Å². The van der Waals surface area contributed by atoms with Crippen LogP contribution in [0.1, 0.15) is 34.1 Å². The van der Waals surface area contributed by atoms with Crippen LogP contribution in [-0.2, 0) is 0 Å². The van der Waals surface area contributed by atoms with Crippen LogP contribution in [0.4, 0.5) is 0 Å². The molecule has 0 rings (SSSR count). The van der Waals surface area contributed by atoms with Gasteiger partial charge in [0.25, 0.3) is 0 Å². The Morgan fingerprint density at radius 2 is 2.00 bits per heavy atom. The molecule has 0 radical (unpaired) electrons. The van der Waals surface area contributed by atoms with Gasteiger partial charge in [0.15, 0.2) is 0 Å². The van der Waals surface area contributed by atoms with Crippen LogP contribution in [0.5, 0.6) is 0 Å². The van der Waals surface area contributed by atoms with Gasteiger partial charge in [-0.3, -0.25) is 4.99 Å². The molecule has 0 bridgehead atoms. The van der Waals surface area contributed by atoms with E-state index in [1.807, 2.05) is 32.2 Å². The highest BCUT2D eigenvalue weighted by atomic mass is 14.7. The highest BCUT2D eigenvalue weighted by molar-refractivity contribution is 5.71. The SMILES string of the molecule is C\C=C/C=N\C(C)=C(\C)CC. The van der Waals surface area contributed by atoms with Gasteiger partial charge >= 0.3 is 0 Å². The minimum atomic E-state index is 1.08. The van der Waals surface area contributed by atoms with Crippen LogP contribution >= 0.6 is 0 Å². The van der Waals surface area contributed by atoms with Gasteiger partial charge in [0, 0.05) is 11.9 Å². The molecule has 0 spiro atoms. The molecule has 0 aliphatic rings. The Morgan fingerprint density at radius 3 is 2.45 bits per heavy atom. The third kappa shape index (κ3) is 4.54. The number of rotatable bonds is 3. The number of allylic oxidation sites excluding steroid dienone is 4. The van der Waals surface area contributed by atoms with Crippen molar-refractivity contribution in [3.8, 4) is 0 Å². The smallest absolute Gasteiger partial charge is 0.0361 e. The first-order chi connectivity index (χ1) is 5.22. The summed E-state index contributed by atoms with van der Waals surface area (Å²) in [5, 5.41) is 0. The molecule has 0 unspecified atom stereocenters. The third-order valence-electron chi connectivity index (χ3n) is 1.69. The summed E-state index contributed by atoms with van der Waals surface area (Å²) in [6.07, 6.45) is 6.82. The topological polar surface area (TPSA) is 12.4 Å². The fourth-order valence-electron chi connectivity index (χ4n) is 0.607. The lowest BCUT2D eigenvalue weighted by Crippen LogP contribution is -1.78. The number of aliphatic imine (C=N–C) groups is 1. The summed E-state index contributed by atoms with van der Waals surface area (Å²) in [5.41, 5.74) is 2.48. The van der Waals surface area contributed by atoms with Crippen molar-refractivity contribution in [2.24, 2.45) is 4.99 Å². The standard InChI is InChI=1S/C10H17N/c1-5-7-8-11-10(4)9(3)6-2/h5,7-8H,6H2,1-4H3/b7-5-,10-9-,11-8-. The Balaban J connectivity index is 4.14. The van der Waals surface area contributed by atoms with Gasteiger partial charge in [-0.1, -0.05) is 18.6 Å². The second kappa shape index (κ2) is 5.90. The van der Waals surface area contributed by atoms with Crippen LogP contribution in [0.15, 0.2) is 28.4 Å². The second-order valence-electron chi connectivity index (χ2n) is 2.52. The van der Waals surface area contributed by atoms with Gasteiger partial charge in [-0.15, -0.1) is 0 Å². The number of hydrogen-bond acceptors (Lipinski definition) is 1. The van der Waals surface area contributed by atoms with E-state index in [9.17, 15) is 0 Å². The molecule has 0 saturated heterocycles. The molecule has 0 amide bonds. The van der Waals surface area contributed by atoms with Gasteiger partial charge in [-0.2, -0.15) is 0 Å². The van der Waals surface area contributed by atoms with Crippen LogP contribution in [-0.4, -0.2) is 6.21 Å². The summed E-state index contributed by atoms with van der Waals surface area (Å²) < 4.78 is 0. The minimum absolute atomic E-state index is 1.08. The van der Waals surface area contributed by atoms with Gasteiger partial charge < -0.3 is 0 Å². The predicted molar refractivity (Wildman–Crippen MR) is 52.0 cm³/mol. The zero-order valence-corrected chi connectivity index (χ0v) is 7.89. The molecule has 0 N–H and O–H groups in total. The third-order valence-corrected chi connectivity index (χ3v) is 1.69. The maximum Gasteiger partial charge on any atom is 0.0361 e. The normalized spacial score (nSPS) is 14.5. The highest BCUT2D eigenvalue weighted by Crippen LogP contribution is 2.06. The van der Waals surface area contributed by atoms with Gasteiger partial charge in [-0.05, 0) is 33.3 Å². The Bertz CT molecular complexity index is 185. The van der Waals surface area contributed by atoms with E-state index >= 15 is 0 Å². The van der Waals surface area contributed by atoms with E-state index in [4.69, 9.17) is 0 Å². The summed E-state index contributed by atoms with van der Waals surface area (Å²) in [6.45, 7) is 8.28. The van der Waals surface area contributed by atoms with Crippen LogP contribution in [0.25, 0.3) is 0 Å². The summed E-state index contributed by atoms with van der Waals surface area (Å²) >= 11 is 0. The van der Waals surface area contributed by atoms with Crippen molar-refractivity contribution in [1.29, 1.82) is 0 Å². The maximum absolute atomic E-state index is 4.25. The molecule has 0 fully saturated rings.